The van der Waals surface area contributed by atoms with Crippen LogP contribution < -0.4 is 11.1 Å². The molecule has 1 aromatic rings. The molecular formula is C17H29Cl2N3O. The van der Waals surface area contributed by atoms with E-state index in [1.54, 1.807) is 6.92 Å². The Morgan fingerprint density at radius 3 is 2.39 bits per heavy atom. The topological polar surface area (TPSA) is 58.4 Å². The molecule has 3 N–H and O–H groups in total. The zero-order chi connectivity index (χ0) is 15.3. The van der Waals surface area contributed by atoms with E-state index in [9.17, 15) is 4.79 Å². The standard InChI is InChI=1S/C17H27N3O.2ClH/c1-14-8-11-20(12-9-14)13-10-19-16(21)17(2,18)15-6-4-3-5-7-15;;/h3-7,14H,8-13,18H2,1-2H3,(H,19,21);2*1H. The van der Waals surface area contributed by atoms with Crippen molar-refractivity contribution in [1.82, 2.24) is 10.2 Å². The second-order valence-corrected chi connectivity index (χ2v) is 6.35. The van der Waals surface area contributed by atoms with Crippen LogP contribution in [0.15, 0.2) is 30.3 Å². The Balaban J connectivity index is 0.00000242. The second kappa shape index (κ2) is 10.1. The summed E-state index contributed by atoms with van der Waals surface area (Å²) >= 11 is 0. The number of carbonyl (C=O) groups is 1. The lowest BCUT2D eigenvalue weighted by Gasteiger charge is -2.30. The Bertz CT molecular complexity index is 460. The minimum Gasteiger partial charge on any atom is -0.353 e. The first-order valence-corrected chi connectivity index (χ1v) is 7.85. The molecule has 0 radical (unpaired) electrons. The largest absolute Gasteiger partial charge is 0.353 e. The van der Waals surface area contributed by atoms with Gasteiger partial charge >= 0.3 is 0 Å². The number of halogens is 2. The van der Waals surface area contributed by atoms with Crippen molar-refractivity contribution in [2.24, 2.45) is 11.7 Å². The smallest absolute Gasteiger partial charge is 0.244 e. The third-order valence-electron chi connectivity index (χ3n) is 4.43. The molecule has 1 amide bonds. The van der Waals surface area contributed by atoms with Gasteiger partial charge in [0, 0.05) is 13.1 Å². The number of likely N-dealkylation sites (tertiary alicyclic amines) is 1. The third kappa shape index (κ3) is 6.30. The lowest BCUT2D eigenvalue weighted by molar-refractivity contribution is -0.126. The molecule has 1 fully saturated rings. The molecule has 0 spiro atoms. The number of benzene rings is 1. The number of nitrogens with zero attached hydrogens (tertiary/aromatic N) is 1. The van der Waals surface area contributed by atoms with E-state index >= 15 is 0 Å². The van der Waals surface area contributed by atoms with E-state index in [0.29, 0.717) is 6.54 Å². The number of nitrogens with two attached hydrogens (primary N) is 1. The fraction of sp³-hybridized carbons (Fsp3) is 0.588. The van der Waals surface area contributed by atoms with Gasteiger partial charge in [-0.25, -0.2) is 0 Å². The Hall–Kier alpha value is -0.810. The highest BCUT2D eigenvalue weighted by atomic mass is 35.5. The van der Waals surface area contributed by atoms with E-state index in [-0.39, 0.29) is 30.7 Å². The molecule has 1 unspecified atom stereocenters. The van der Waals surface area contributed by atoms with Crippen molar-refractivity contribution in [1.29, 1.82) is 0 Å². The molecule has 2 rings (SSSR count). The van der Waals surface area contributed by atoms with Crippen LogP contribution >= 0.6 is 24.8 Å². The first-order chi connectivity index (χ1) is 10.00. The summed E-state index contributed by atoms with van der Waals surface area (Å²) in [6, 6.07) is 9.53. The van der Waals surface area contributed by atoms with E-state index in [4.69, 9.17) is 5.73 Å². The number of hydrogen-bond donors (Lipinski definition) is 2. The maximum Gasteiger partial charge on any atom is 0.244 e. The van der Waals surface area contributed by atoms with Crippen molar-refractivity contribution in [2.75, 3.05) is 26.2 Å². The highest BCUT2D eigenvalue weighted by Gasteiger charge is 2.30. The number of hydrogen-bond acceptors (Lipinski definition) is 3. The van der Waals surface area contributed by atoms with Crippen LogP contribution in [0.3, 0.4) is 0 Å². The van der Waals surface area contributed by atoms with Gasteiger partial charge in [0.15, 0.2) is 0 Å². The average molecular weight is 362 g/mol. The maximum atomic E-state index is 12.3. The Morgan fingerprint density at radius 2 is 1.83 bits per heavy atom. The van der Waals surface area contributed by atoms with Crippen LogP contribution in [0, 0.1) is 5.92 Å². The Labute approximate surface area is 152 Å². The molecule has 0 saturated carbocycles. The fourth-order valence-corrected chi connectivity index (χ4v) is 2.71. The lowest BCUT2D eigenvalue weighted by atomic mass is 9.92. The van der Waals surface area contributed by atoms with Gasteiger partial charge in [-0.3, -0.25) is 4.79 Å². The zero-order valence-corrected chi connectivity index (χ0v) is 15.6. The monoisotopic (exact) mass is 361 g/mol. The fourth-order valence-electron chi connectivity index (χ4n) is 2.71. The molecule has 1 aliphatic heterocycles. The molecular weight excluding hydrogens is 333 g/mol. The van der Waals surface area contributed by atoms with Gasteiger partial charge < -0.3 is 16.0 Å². The molecule has 1 saturated heterocycles. The summed E-state index contributed by atoms with van der Waals surface area (Å²) in [6.07, 6.45) is 2.51. The van der Waals surface area contributed by atoms with E-state index in [1.807, 2.05) is 30.3 Å². The van der Waals surface area contributed by atoms with Gasteiger partial charge in [-0.1, -0.05) is 37.3 Å². The summed E-state index contributed by atoms with van der Waals surface area (Å²) in [6.45, 7) is 7.90. The molecule has 1 atom stereocenters. The summed E-state index contributed by atoms with van der Waals surface area (Å²) in [7, 11) is 0. The van der Waals surface area contributed by atoms with Crippen LogP contribution in [0.5, 0.6) is 0 Å². The van der Waals surface area contributed by atoms with Crippen LogP contribution in [-0.2, 0) is 10.3 Å². The van der Waals surface area contributed by atoms with Crippen molar-refractivity contribution >= 4 is 30.7 Å². The number of rotatable bonds is 5. The molecule has 6 heteroatoms. The van der Waals surface area contributed by atoms with E-state index < -0.39 is 5.54 Å². The molecule has 23 heavy (non-hydrogen) atoms. The van der Waals surface area contributed by atoms with Crippen molar-refractivity contribution in [3.8, 4) is 0 Å². The van der Waals surface area contributed by atoms with Gasteiger partial charge in [-0.2, -0.15) is 0 Å². The van der Waals surface area contributed by atoms with Crippen LogP contribution in [-0.4, -0.2) is 37.0 Å². The van der Waals surface area contributed by atoms with Crippen LogP contribution in [0.2, 0.25) is 0 Å². The van der Waals surface area contributed by atoms with Crippen LogP contribution in [0.25, 0.3) is 0 Å². The predicted octanol–water partition coefficient (Wildman–Crippen LogP) is 2.55. The SMILES string of the molecule is CC1CCN(CCNC(=O)C(C)(N)c2ccccc2)CC1.Cl.Cl. The van der Waals surface area contributed by atoms with E-state index in [2.05, 4.69) is 17.1 Å². The van der Waals surface area contributed by atoms with Crippen molar-refractivity contribution in [2.45, 2.75) is 32.2 Å². The zero-order valence-electron chi connectivity index (χ0n) is 14.0. The van der Waals surface area contributed by atoms with Crippen LogP contribution in [0.4, 0.5) is 0 Å². The second-order valence-electron chi connectivity index (χ2n) is 6.35. The lowest BCUT2D eigenvalue weighted by Crippen LogP contribution is -2.50. The minimum atomic E-state index is -0.975. The molecule has 1 heterocycles. The number of nitrogens with one attached hydrogen (secondary N) is 1. The number of piperidine rings is 1. The maximum absolute atomic E-state index is 12.3. The van der Waals surface area contributed by atoms with E-state index in [0.717, 1.165) is 31.1 Å². The third-order valence-corrected chi connectivity index (χ3v) is 4.43. The molecule has 1 aromatic carbocycles. The summed E-state index contributed by atoms with van der Waals surface area (Å²) in [5, 5.41) is 2.97. The van der Waals surface area contributed by atoms with Gasteiger partial charge in [0.2, 0.25) is 5.91 Å². The highest BCUT2D eigenvalue weighted by Crippen LogP contribution is 2.17. The summed E-state index contributed by atoms with van der Waals surface area (Å²) in [5.41, 5.74) is 6.06. The summed E-state index contributed by atoms with van der Waals surface area (Å²) in [5.74, 6) is 0.723. The van der Waals surface area contributed by atoms with Crippen LogP contribution in [0.1, 0.15) is 32.3 Å². The summed E-state index contributed by atoms with van der Waals surface area (Å²) in [4.78, 5) is 14.7. The highest BCUT2D eigenvalue weighted by molar-refractivity contribution is 5.87. The molecule has 0 aliphatic carbocycles. The first kappa shape index (κ1) is 22.2. The quantitative estimate of drug-likeness (QED) is 0.846. The van der Waals surface area contributed by atoms with Crippen molar-refractivity contribution in [3.63, 3.8) is 0 Å². The van der Waals surface area contributed by atoms with Gasteiger partial charge in [-0.05, 0) is 44.3 Å². The number of carbonyl (C=O) groups excluding carboxylic acids is 1. The number of amides is 1. The molecule has 0 aromatic heterocycles. The van der Waals surface area contributed by atoms with E-state index in [1.165, 1.54) is 12.8 Å². The molecule has 0 bridgehead atoms. The van der Waals surface area contributed by atoms with Gasteiger partial charge in [0.05, 0.1) is 0 Å². The Kier molecular flexibility index (Phi) is 9.78. The van der Waals surface area contributed by atoms with Crippen molar-refractivity contribution in [3.05, 3.63) is 35.9 Å². The molecule has 132 valence electrons. The Morgan fingerprint density at radius 1 is 1.26 bits per heavy atom. The van der Waals surface area contributed by atoms with Crippen molar-refractivity contribution < 1.29 is 4.79 Å². The van der Waals surface area contributed by atoms with Gasteiger partial charge in [0.1, 0.15) is 5.54 Å². The van der Waals surface area contributed by atoms with Gasteiger partial charge in [-0.15, -0.1) is 24.8 Å². The predicted molar refractivity (Wildman–Crippen MR) is 100 cm³/mol. The summed E-state index contributed by atoms with van der Waals surface area (Å²) < 4.78 is 0. The average Bonchev–Trinajstić information content (AvgIpc) is 2.50. The van der Waals surface area contributed by atoms with Gasteiger partial charge in [0.25, 0.3) is 0 Å². The molecule has 1 aliphatic rings. The first-order valence-electron chi connectivity index (χ1n) is 7.85. The minimum absolute atomic E-state index is 0. The normalized spacial score (nSPS) is 18.2. The molecule has 4 nitrogen and oxygen atoms in total.